The molecule has 0 saturated carbocycles. The lowest BCUT2D eigenvalue weighted by molar-refractivity contribution is -0.0471. The van der Waals surface area contributed by atoms with E-state index in [0.29, 0.717) is 0 Å². The number of nitrogens with one attached hydrogen (secondary N) is 1. The number of hydrogen-bond donors (Lipinski definition) is 3. The standard InChI is InChI=1S/C22H30N2O7/c1-22(2,3)19(13-5-7-15(29-4)8-6-13)30-12-14-10-24(21(28)23-20(14)27)18-9-16(26)17(11-25)31-18/h5-8,10,16-19,25-26H,9,11-12H2,1-4H3,(H,23,27,28)/t16-,17-,18-,19?/m1/s1. The molecule has 2 heterocycles. The molecule has 1 aromatic heterocycles. The van der Waals surface area contributed by atoms with Crippen molar-refractivity contribution < 1.29 is 24.4 Å². The molecule has 2 aromatic rings. The highest BCUT2D eigenvalue weighted by Crippen LogP contribution is 2.37. The Morgan fingerprint density at radius 2 is 1.94 bits per heavy atom. The number of nitrogens with zero attached hydrogens (tertiary/aromatic N) is 1. The van der Waals surface area contributed by atoms with Gasteiger partial charge in [-0.05, 0) is 23.1 Å². The van der Waals surface area contributed by atoms with Crippen LogP contribution in [0.5, 0.6) is 5.75 Å². The summed E-state index contributed by atoms with van der Waals surface area (Å²) >= 11 is 0. The van der Waals surface area contributed by atoms with E-state index in [9.17, 15) is 19.8 Å². The van der Waals surface area contributed by atoms with Gasteiger partial charge < -0.3 is 24.4 Å². The predicted octanol–water partition coefficient (Wildman–Crippen LogP) is 1.49. The zero-order chi connectivity index (χ0) is 22.8. The second-order valence-electron chi connectivity index (χ2n) is 8.77. The summed E-state index contributed by atoms with van der Waals surface area (Å²) in [5, 5.41) is 19.2. The first-order chi connectivity index (χ1) is 14.6. The molecule has 4 atom stereocenters. The molecule has 1 aliphatic heterocycles. The maximum atomic E-state index is 12.4. The van der Waals surface area contributed by atoms with E-state index in [1.807, 2.05) is 45.0 Å². The van der Waals surface area contributed by atoms with E-state index in [-0.39, 0.29) is 36.7 Å². The van der Waals surface area contributed by atoms with Crippen LogP contribution >= 0.6 is 0 Å². The summed E-state index contributed by atoms with van der Waals surface area (Å²) in [5.41, 5.74) is -0.255. The van der Waals surface area contributed by atoms with Gasteiger partial charge in [-0.2, -0.15) is 0 Å². The summed E-state index contributed by atoms with van der Waals surface area (Å²) in [6.07, 6.45) is -1.24. The summed E-state index contributed by atoms with van der Waals surface area (Å²) in [7, 11) is 1.60. The van der Waals surface area contributed by atoms with Gasteiger partial charge in [0.05, 0.1) is 38.1 Å². The molecular formula is C22H30N2O7. The van der Waals surface area contributed by atoms with Crippen molar-refractivity contribution in [3.8, 4) is 5.75 Å². The van der Waals surface area contributed by atoms with Gasteiger partial charge in [0.15, 0.2) is 0 Å². The van der Waals surface area contributed by atoms with Crippen LogP contribution in [0, 0.1) is 5.41 Å². The number of aromatic amines is 1. The molecule has 1 unspecified atom stereocenters. The average Bonchev–Trinajstić information content (AvgIpc) is 3.09. The van der Waals surface area contributed by atoms with Gasteiger partial charge in [0, 0.05) is 12.6 Å². The highest BCUT2D eigenvalue weighted by molar-refractivity contribution is 5.29. The van der Waals surface area contributed by atoms with E-state index < -0.39 is 29.7 Å². The molecule has 0 radical (unpaired) electrons. The third kappa shape index (κ3) is 5.24. The molecule has 0 bridgehead atoms. The molecule has 31 heavy (non-hydrogen) atoms. The Morgan fingerprint density at radius 3 is 2.48 bits per heavy atom. The molecule has 3 N–H and O–H groups in total. The van der Waals surface area contributed by atoms with Crippen molar-refractivity contribution in [2.45, 2.75) is 58.3 Å². The predicted molar refractivity (Wildman–Crippen MR) is 113 cm³/mol. The largest absolute Gasteiger partial charge is 0.497 e. The number of H-pyrrole nitrogens is 1. The number of benzene rings is 1. The molecule has 0 spiro atoms. The van der Waals surface area contributed by atoms with Crippen LogP contribution in [-0.4, -0.2) is 45.7 Å². The Labute approximate surface area is 180 Å². The SMILES string of the molecule is COc1ccc(C(OCc2cn([C@H]3C[C@@H](O)[C@@H](CO)O3)c(=O)[nH]c2=O)C(C)(C)C)cc1. The summed E-state index contributed by atoms with van der Waals surface area (Å²) in [5.74, 6) is 0.736. The lowest BCUT2D eigenvalue weighted by Crippen LogP contribution is -2.35. The van der Waals surface area contributed by atoms with Crippen molar-refractivity contribution in [3.05, 3.63) is 62.4 Å². The van der Waals surface area contributed by atoms with Gasteiger partial charge in [0.1, 0.15) is 18.1 Å². The number of rotatable bonds is 7. The Hall–Kier alpha value is -2.46. The van der Waals surface area contributed by atoms with Crippen molar-refractivity contribution in [2.24, 2.45) is 5.41 Å². The zero-order valence-corrected chi connectivity index (χ0v) is 18.2. The molecule has 170 valence electrons. The van der Waals surface area contributed by atoms with Gasteiger partial charge in [0.25, 0.3) is 5.56 Å². The number of aromatic nitrogens is 2. The fourth-order valence-electron chi connectivity index (χ4n) is 3.69. The number of aliphatic hydroxyl groups is 2. The maximum absolute atomic E-state index is 12.4. The minimum atomic E-state index is -0.895. The number of methoxy groups -OCH3 is 1. The van der Waals surface area contributed by atoms with E-state index in [0.717, 1.165) is 11.3 Å². The maximum Gasteiger partial charge on any atom is 0.330 e. The van der Waals surface area contributed by atoms with Gasteiger partial charge in [-0.25, -0.2) is 4.79 Å². The Balaban J connectivity index is 1.83. The van der Waals surface area contributed by atoms with E-state index in [2.05, 4.69) is 4.98 Å². The summed E-state index contributed by atoms with van der Waals surface area (Å²) in [6, 6.07) is 7.54. The van der Waals surface area contributed by atoms with Crippen LogP contribution in [0.1, 0.15) is 50.7 Å². The molecule has 0 amide bonds. The van der Waals surface area contributed by atoms with Gasteiger partial charge in [-0.3, -0.25) is 14.3 Å². The first-order valence-electron chi connectivity index (χ1n) is 10.2. The molecule has 3 rings (SSSR count). The lowest BCUT2D eigenvalue weighted by Gasteiger charge is -2.31. The van der Waals surface area contributed by atoms with Gasteiger partial charge in [0.2, 0.25) is 0 Å². The second kappa shape index (κ2) is 9.35. The first-order valence-corrected chi connectivity index (χ1v) is 10.2. The average molecular weight is 434 g/mol. The number of aliphatic hydroxyl groups excluding tert-OH is 2. The van der Waals surface area contributed by atoms with Crippen LogP contribution in [0.2, 0.25) is 0 Å². The van der Waals surface area contributed by atoms with Crippen LogP contribution in [0.25, 0.3) is 0 Å². The van der Waals surface area contributed by atoms with E-state index in [1.165, 1.54) is 10.8 Å². The fourth-order valence-corrected chi connectivity index (χ4v) is 3.69. The lowest BCUT2D eigenvalue weighted by atomic mass is 9.84. The minimum Gasteiger partial charge on any atom is -0.497 e. The molecular weight excluding hydrogens is 404 g/mol. The quantitative estimate of drug-likeness (QED) is 0.603. The molecule has 1 aromatic carbocycles. The van der Waals surface area contributed by atoms with Gasteiger partial charge >= 0.3 is 5.69 Å². The summed E-state index contributed by atoms with van der Waals surface area (Å²) < 4.78 is 18.1. The van der Waals surface area contributed by atoms with Gasteiger partial charge in [-0.1, -0.05) is 32.9 Å². The van der Waals surface area contributed by atoms with Gasteiger partial charge in [-0.15, -0.1) is 0 Å². The molecule has 1 fully saturated rings. The first kappa shape index (κ1) is 23.2. The van der Waals surface area contributed by atoms with Crippen molar-refractivity contribution in [1.82, 2.24) is 9.55 Å². The topological polar surface area (TPSA) is 123 Å². The van der Waals surface area contributed by atoms with Crippen molar-refractivity contribution >= 4 is 0 Å². The van der Waals surface area contributed by atoms with Crippen LogP contribution in [-0.2, 0) is 16.1 Å². The van der Waals surface area contributed by atoms with Crippen LogP contribution in [0.4, 0.5) is 0 Å². The molecule has 1 saturated heterocycles. The number of hydrogen-bond acceptors (Lipinski definition) is 7. The molecule has 1 aliphatic rings. The second-order valence-corrected chi connectivity index (χ2v) is 8.77. The summed E-state index contributed by atoms with van der Waals surface area (Å²) in [6.45, 7) is 5.73. The number of ether oxygens (including phenoxy) is 3. The van der Waals surface area contributed by atoms with Crippen molar-refractivity contribution in [1.29, 1.82) is 0 Å². The highest BCUT2D eigenvalue weighted by atomic mass is 16.5. The third-order valence-electron chi connectivity index (χ3n) is 5.35. The zero-order valence-electron chi connectivity index (χ0n) is 18.2. The minimum absolute atomic E-state index is 0.0255. The van der Waals surface area contributed by atoms with Crippen LogP contribution < -0.4 is 16.0 Å². The normalized spacial score (nSPS) is 22.5. The Kier molecular flexibility index (Phi) is 7.00. The molecule has 0 aliphatic carbocycles. The van der Waals surface area contributed by atoms with Crippen LogP contribution in [0.15, 0.2) is 40.1 Å². The highest BCUT2D eigenvalue weighted by Gasteiger charge is 2.35. The fraction of sp³-hybridized carbons (Fsp3) is 0.545. The van der Waals surface area contributed by atoms with Crippen LogP contribution in [0.3, 0.4) is 0 Å². The Bertz CT molecular complexity index is 991. The van der Waals surface area contributed by atoms with Crippen molar-refractivity contribution in [3.63, 3.8) is 0 Å². The van der Waals surface area contributed by atoms with E-state index in [4.69, 9.17) is 14.2 Å². The molecule has 9 heteroatoms. The summed E-state index contributed by atoms with van der Waals surface area (Å²) in [4.78, 5) is 26.9. The monoisotopic (exact) mass is 434 g/mol. The third-order valence-corrected chi connectivity index (χ3v) is 5.35. The molecule has 9 nitrogen and oxygen atoms in total. The van der Waals surface area contributed by atoms with E-state index >= 15 is 0 Å². The smallest absolute Gasteiger partial charge is 0.330 e. The van der Waals surface area contributed by atoms with E-state index in [1.54, 1.807) is 7.11 Å². The van der Waals surface area contributed by atoms with Crippen molar-refractivity contribution in [2.75, 3.05) is 13.7 Å². The Morgan fingerprint density at radius 1 is 1.26 bits per heavy atom.